The minimum Gasteiger partial charge on any atom is -0.338 e. The van der Waals surface area contributed by atoms with Crippen molar-refractivity contribution in [3.8, 4) is 17.3 Å². The molecule has 124 valence electrons. The first-order chi connectivity index (χ1) is 11.2. The lowest BCUT2D eigenvalue weighted by atomic mass is 10.00. The van der Waals surface area contributed by atoms with Gasteiger partial charge >= 0.3 is 0 Å². The highest BCUT2D eigenvalue weighted by Gasteiger charge is 2.20. The molecule has 0 aliphatic carbocycles. The average molecular weight is 345 g/mol. The van der Waals surface area contributed by atoms with E-state index in [9.17, 15) is 13.2 Å². The van der Waals surface area contributed by atoms with Crippen LogP contribution in [0.5, 0.6) is 0 Å². The molecular formula is C15H15N5O3S. The predicted octanol–water partition coefficient (Wildman–Crippen LogP) is 1.29. The Morgan fingerprint density at radius 2 is 2.08 bits per heavy atom. The quantitative estimate of drug-likeness (QED) is 0.768. The van der Waals surface area contributed by atoms with Crippen LogP contribution in [0, 0.1) is 11.3 Å². The summed E-state index contributed by atoms with van der Waals surface area (Å²) in [6.07, 6.45) is 5.27. The number of nitrogens with zero attached hydrogens (tertiary/aromatic N) is 4. The van der Waals surface area contributed by atoms with E-state index >= 15 is 0 Å². The Kier molecular flexibility index (Phi) is 3.57. The summed E-state index contributed by atoms with van der Waals surface area (Å²) < 4.78 is 25.6. The largest absolute Gasteiger partial charge is 0.338 e. The molecule has 0 aliphatic heterocycles. The number of nitriles is 1. The van der Waals surface area contributed by atoms with Gasteiger partial charge in [-0.3, -0.25) is 8.77 Å². The Labute approximate surface area is 138 Å². The van der Waals surface area contributed by atoms with Crippen molar-refractivity contribution in [2.45, 2.75) is 19.8 Å². The average Bonchev–Trinajstić information content (AvgIpc) is 3.12. The Hall–Kier alpha value is -2.86. The van der Waals surface area contributed by atoms with Crippen molar-refractivity contribution < 1.29 is 8.42 Å². The predicted molar refractivity (Wildman–Crippen MR) is 88.3 cm³/mol. The fourth-order valence-corrected chi connectivity index (χ4v) is 3.19. The van der Waals surface area contributed by atoms with E-state index in [0.29, 0.717) is 16.8 Å². The van der Waals surface area contributed by atoms with E-state index in [0.717, 1.165) is 14.7 Å². The summed E-state index contributed by atoms with van der Waals surface area (Å²) in [5.74, 6) is -0.121. The molecule has 24 heavy (non-hydrogen) atoms. The molecule has 0 atom stereocenters. The molecule has 9 heteroatoms. The van der Waals surface area contributed by atoms with Crippen LogP contribution in [-0.4, -0.2) is 33.2 Å². The molecule has 0 radical (unpaired) electrons. The maximum Gasteiger partial charge on any atom is 0.278 e. The van der Waals surface area contributed by atoms with Gasteiger partial charge in [0.05, 0.1) is 18.1 Å². The highest BCUT2D eigenvalue weighted by Crippen LogP contribution is 2.26. The Balaban J connectivity index is 2.38. The molecule has 3 heterocycles. The fraction of sp³-hybridized carbons (Fsp3) is 0.267. The molecule has 0 unspecified atom stereocenters. The smallest absolute Gasteiger partial charge is 0.278 e. The second-order valence-corrected chi connectivity index (χ2v) is 7.68. The van der Waals surface area contributed by atoms with Crippen molar-refractivity contribution in [1.29, 1.82) is 5.26 Å². The molecule has 3 aromatic heterocycles. The monoisotopic (exact) mass is 345 g/mol. The van der Waals surface area contributed by atoms with Gasteiger partial charge in [-0.25, -0.2) is 8.42 Å². The molecule has 0 bridgehead atoms. The van der Waals surface area contributed by atoms with Crippen molar-refractivity contribution in [3.05, 3.63) is 46.1 Å². The van der Waals surface area contributed by atoms with Gasteiger partial charge < -0.3 is 4.98 Å². The Morgan fingerprint density at radius 1 is 1.38 bits per heavy atom. The zero-order valence-corrected chi connectivity index (χ0v) is 14.1. The van der Waals surface area contributed by atoms with Gasteiger partial charge in [-0.05, 0) is 12.0 Å². The summed E-state index contributed by atoms with van der Waals surface area (Å²) in [5, 5.41) is 13.1. The first kappa shape index (κ1) is 16.0. The van der Waals surface area contributed by atoms with Crippen LogP contribution in [0.2, 0.25) is 0 Å². The topological polar surface area (TPSA) is 113 Å². The van der Waals surface area contributed by atoms with Gasteiger partial charge in [0.2, 0.25) is 10.0 Å². The molecule has 0 saturated carbocycles. The van der Waals surface area contributed by atoms with Gasteiger partial charge in [0, 0.05) is 23.5 Å². The minimum absolute atomic E-state index is 0.121. The first-order valence-corrected chi connectivity index (χ1v) is 9.01. The first-order valence-electron chi connectivity index (χ1n) is 7.17. The van der Waals surface area contributed by atoms with Crippen LogP contribution in [0.15, 0.2) is 29.5 Å². The summed E-state index contributed by atoms with van der Waals surface area (Å²) in [7, 11) is -3.42. The molecule has 1 N–H and O–H groups in total. The number of nitrogens with one attached hydrogen (secondary N) is 1. The summed E-state index contributed by atoms with van der Waals surface area (Å²) in [6, 6.07) is 3.59. The number of hydrogen-bond acceptors (Lipinski definition) is 5. The third kappa shape index (κ3) is 2.41. The normalized spacial score (nSPS) is 12.0. The van der Waals surface area contributed by atoms with E-state index < -0.39 is 10.0 Å². The molecule has 3 aromatic rings. The summed E-state index contributed by atoms with van der Waals surface area (Å²) in [4.78, 5) is 15.8. The van der Waals surface area contributed by atoms with Crippen LogP contribution in [0.3, 0.4) is 0 Å². The second kappa shape index (κ2) is 5.35. The van der Waals surface area contributed by atoms with E-state index in [1.165, 1.54) is 18.6 Å². The van der Waals surface area contributed by atoms with Crippen molar-refractivity contribution in [1.82, 2.24) is 18.6 Å². The number of rotatable bonds is 3. The SMILES string of the molecule is CC(C)c1c(-c2ccn(S(C)(=O)=O)c2)[nH]c2c(C#N)cnn2c1=O. The van der Waals surface area contributed by atoms with E-state index in [1.54, 1.807) is 6.07 Å². The molecular weight excluding hydrogens is 330 g/mol. The third-order valence-corrected chi connectivity index (χ3v) is 4.73. The lowest BCUT2D eigenvalue weighted by Crippen LogP contribution is -2.22. The molecule has 0 spiro atoms. The van der Waals surface area contributed by atoms with E-state index in [4.69, 9.17) is 5.26 Å². The summed E-state index contributed by atoms with van der Waals surface area (Å²) in [6.45, 7) is 3.73. The van der Waals surface area contributed by atoms with Crippen molar-refractivity contribution in [2.75, 3.05) is 6.26 Å². The number of aromatic amines is 1. The maximum absolute atomic E-state index is 12.7. The van der Waals surface area contributed by atoms with Gasteiger partial charge in [0.1, 0.15) is 11.6 Å². The van der Waals surface area contributed by atoms with Gasteiger partial charge in [0.25, 0.3) is 5.56 Å². The van der Waals surface area contributed by atoms with E-state index in [2.05, 4.69) is 10.1 Å². The van der Waals surface area contributed by atoms with Gasteiger partial charge in [-0.15, -0.1) is 0 Å². The lowest BCUT2D eigenvalue weighted by Gasteiger charge is -2.12. The van der Waals surface area contributed by atoms with Crippen molar-refractivity contribution >= 4 is 15.7 Å². The molecule has 8 nitrogen and oxygen atoms in total. The fourth-order valence-electron chi connectivity index (χ4n) is 2.61. The molecule has 0 fully saturated rings. The van der Waals surface area contributed by atoms with Crippen LogP contribution < -0.4 is 5.56 Å². The summed E-state index contributed by atoms with van der Waals surface area (Å²) in [5.41, 5.74) is 1.71. The van der Waals surface area contributed by atoms with Crippen LogP contribution in [0.25, 0.3) is 16.9 Å². The zero-order valence-electron chi connectivity index (χ0n) is 13.3. The second-order valence-electron chi connectivity index (χ2n) is 5.80. The van der Waals surface area contributed by atoms with Gasteiger partial charge in [-0.1, -0.05) is 13.8 Å². The Bertz CT molecular complexity index is 1140. The number of aromatic nitrogens is 4. The van der Waals surface area contributed by atoms with Gasteiger partial charge in [0.15, 0.2) is 5.65 Å². The van der Waals surface area contributed by atoms with Crippen molar-refractivity contribution in [3.63, 3.8) is 0 Å². The molecule has 0 aliphatic rings. The number of H-pyrrole nitrogens is 1. The lowest BCUT2D eigenvalue weighted by molar-refractivity contribution is 0.593. The maximum atomic E-state index is 12.7. The van der Waals surface area contributed by atoms with Gasteiger partial charge in [-0.2, -0.15) is 14.9 Å². The number of hydrogen-bond donors (Lipinski definition) is 1. The van der Waals surface area contributed by atoms with Crippen molar-refractivity contribution in [2.24, 2.45) is 0 Å². The number of fused-ring (bicyclic) bond motifs is 1. The Morgan fingerprint density at radius 3 is 2.62 bits per heavy atom. The van der Waals surface area contributed by atoms with E-state index in [1.807, 2.05) is 19.9 Å². The highest BCUT2D eigenvalue weighted by molar-refractivity contribution is 7.89. The van der Waals surface area contributed by atoms with Crippen LogP contribution in [-0.2, 0) is 10.0 Å². The van der Waals surface area contributed by atoms with Crippen LogP contribution in [0.1, 0.15) is 30.9 Å². The van der Waals surface area contributed by atoms with Crippen LogP contribution >= 0.6 is 0 Å². The standard InChI is InChI=1S/C15H15N5O3S/c1-9(2)12-13(10-4-5-19(8-10)24(3,22)23)18-14-11(6-16)7-17-20(14)15(12)21/h4-5,7-9,18H,1-3H3. The molecule has 3 rings (SSSR count). The van der Waals surface area contributed by atoms with Crippen LogP contribution in [0.4, 0.5) is 0 Å². The minimum atomic E-state index is -3.42. The molecule has 0 amide bonds. The molecule has 0 aromatic carbocycles. The summed E-state index contributed by atoms with van der Waals surface area (Å²) >= 11 is 0. The van der Waals surface area contributed by atoms with E-state index in [-0.39, 0.29) is 22.7 Å². The zero-order chi connectivity index (χ0) is 17.6. The highest BCUT2D eigenvalue weighted by atomic mass is 32.2. The molecule has 0 saturated heterocycles. The third-order valence-electron chi connectivity index (χ3n) is 3.74.